The van der Waals surface area contributed by atoms with Crippen LogP contribution in [0, 0.1) is 17.0 Å². The maximum absolute atomic E-state index is 14.1. The summed E-state index contributed by atoms with van der Waals surface area (Å²) in [5.74, 6) is -1.10. The van der Waals surface area contributed by atoms with Gasteiger partial charge in [-0.05, 0) is 93.2 Å². The maximum atomic E-state index is 14.1. The monoisotopic (exact) mass is 444 g/mol. The lowest BCUT2D eigenvalue weighted by Gasteiger charge is -2.39. The van der Waals surface area contributed by atoms with Gasteiger partial charge in [-0.2, -0.15) is 0 Å². The van der Waals surface area contributed by atoms with Gasteiger partial charge >= 0.3 is 0 Å². The molecule has 32 heavy (non-hydrogen) atoms. The smallest absolute Gasteiger partial charge is 0.159 e. The van der Waals surface area contributed by atoms with E-state index in [1.54, 1.807) is 5.57 Å². The lowest BCUT2D eigenvalue weighted by atomic mass is 9.66. The van der Waals surface area contributed by atoms with Gasteiger partial charge in [-0.3, -0.25) is 0 Å². The third kappa shape index (κ3) is 7.99. The van der Waals surface area contributed by atoms with Gasteiger partial charge in [-0.15, -0.1) is 0 Å². The van der Waals surface area contributed by atoms with Gasteiger partial charge in [0.2, 0.25) is 0 Å². The van der Waals surface area contributed by atoms with Gasteiger partial charge in [-0.1, -0.05) is 82.4 Å². The standard InChI is InChI=1S/C30H46F2/c1-2-3-4-5-6-11-19-30(20-12-8-13-21-30)22-18-27(23-25-14-9-7-10-15-25)26-16-17-28(31)29(32)24-26/h14,16-17,24,27H,2-13,15,18-23H2,1H3. The van der Waals surface area contributed by atoms with E-state index in [2.05, 4.69) is 13.0 Å². The lowest BCUT2D eigenvalue weighted by molar-refractivity contribution is 0.144. The van der Waals surface area contributed by atoms with Gasteiger partial charge < -0.3 is 0 Å². The van der Waals surface area contributed by atoms with Gasteiger partial charge in [0.1, 0.15) is 0 Å². The predicted molar refractivity (Wildman–Crippen MR) is 133 cm³/mol. The molecule has 1 unspecified atom stereocenters. The molecule has 0 bridgehead atoms. The van der Waals surface area contributed by atoms with E-state index in [0.29, 0.717) is 11.3 Å². The molecule has 1 saturated carbocycles. The molecule has 2 heteroatoms. The second kappa shape index (κ2) is 13.5. The molecule has 0 aromatic heterocycles. The number of hydrogen-bond acceptors (Lipinski definition) is 0. The SMILES string of the molecule is CCCCCCCCC1(CCC(CC2=CCCCC2)c2ccc(F)c(F)c2)CCCCC1. The predicted octanol–water partition coefficient (Wildman–Crippen LogP) is 10.4. The van der Waals surface area contributed by atoms with E-state index in [-0.39, 0.29) is 0 Å². The molecule has 1 fully saturated rings. The van der Waals surface area contributed by atoms with Gasteiger partial charge in [0.15, 0.2) is 11.6 Å². The Kier molecular flexibility index (Phi) is 10.7. The molecule has 1 aromatic rings. The third-order valence-corrected chi connectivity index (χ3v) is 8.31. The Morgan fingerprint density at radius 1 is 0.844 bits per heavy atom. The molecule has 1 atom stereocenters. The summed E-state index contributed by atoms with van der Waals surface area (Å²) in [4.78, 5) is 0. The van der Waals surface area contributed by atoms with Crippen molar-refractivity contribution in [2.24, 2.45) is 5.41 Å². The van der Waals surface area contributed by atoms with Crippen LogP contribution in [0.15, 0.2) is 29.8 Å². The number of allylic oxidation sites excluding steroid dienone is 2. The highest BCUT2D eigenvalue weighted by Gasteiger charge is 2.32. The van der Waals surface area contributed by atoms with Crippen LogP contribution in [0.4, 0.5) is 8.78 Å². The summed E-state index contributed by atoms with van der Waals surface area (Å²) in [6, 6.07) is 4.65. The normalized spacial score (nSPS) is 19.5. The summed E-state index contributed by atoms with van der Waals surface area (Å²) in [7, 11) is 0. The fourth-order valence-electron chi connectivity index (χ4n) is 6.25. The molecule has 0 N–H and O–H groups in total. The molecule has 0 saturated heterocycles. The first-order valence-corrected chi connectivity index (χ1v) is 13.7. The minimum atomic E-state index is -0.726. The van der Waals surface area contributed by atoms with E-state index in [1.165, 1.54) is 121 Å². The number of hydrogen-bond donors (Lipinski definition) is 0. The summed E-state index contributed by atoms with van der Waals surface area (Å²) in [6.07, 6.45) is 27.2. The van der Waals surface area contributed by atoms with Gasteiger partial charge in [-0.25, -0.2) is 8.78 Å². The van der Waals surface area contributed by atoms with Crippen LogP contribution in [0.5, 0.6) is 0 Å². The van der Waals surface area contributed by atoms with Crippen LogP contribution in [-0.4, -0.2) is 0 Å². The van der Waals surface area contributed by atoms with Crippen LogP contribution in [0.2, 0.25) is 0 Å². The largest absolute Gasteiger partial charge is 0.204 e. The summed E-state index contributed by atoms with van der Waals surface area (Å²) in [5, 5.41) is 0. The molecule has 0 aliphatic heterocycles. The molecule has 0 radical (unpaired) electrons. The Morgan fingerprint density at radius 3 is 2.34 bits per heavy atom. The average Bonchev–Trinajstić information content (AvgIpc) is 2.82. The summed E-state index contributed by atoms with van der Waals surface area (Å²) >= 11 is 0. The molecule has 1 aromatic carbocycles. The van der Waals surface area contributed by atoms with E-state index in [1.807, 2.05) is 6.07 Å². The Hall–Kier alpha value is -1.18. The number of benzene rings is 1. The van der Waals surface area contributed by atoms with E-state index in [0.717, 1.165) is 18.4 Å². The Labute approximate surface area is 196 Å². The van der Waals surface area contributed by atoms with Crippen LogP contribution in [-0.2, 0) is 0 Å². The molecule has 3 rings (SSSR count). The molecule has 0 amide bonds. The van der Waals surface area contributed by atoms with Crippen molar-refractivity contribution >= 4 is 0 Å². The first-order valence-electron chi connectivity index (χ1n) is 13.7. The Bertz CT molecular complexity index is 699. The topological polar surface area (TPSA) is 0 Å². The summed E-state index contributed by atoms with van der Waals surface area (Å²) in [6.45, 7) is 2.28. The minimum absolute atomic E-state index is 0.317. The number of rotatable bonds is 13. The molecule has 180 valence electrons. The number of halogens is 2. The molecular formula is C30H46F2. The van der Waals surface area contributed by atoms with Crippen molar-refractivity contribution in [3.63, 3.8) is 0 Å². The van der Waals surface area contributed by atoms with Crippen molar-refractivity contribution in [1.29, 1.82) is 0 Å². The van der Waals surface area contributed by atoms with Crippen molar-refractivity contribution in [2.75, 3.05) is 0 Å². The van der Waals surface area contributed by atoms with Crippen LogP contribution < -0.4 is 0 Å². The van der Waals surface area contributed by atoms with Gasteiger partial charge in [0.25, 0.3) is 0 Å². The highest BCUT2D eigenvalue weighted by atomic mass is 19.2. The van der Waals surface area contributed by atoms with Crippen molar-refractivity contribution in [2.45, 2.75) is 135 Å². The molecule has 0 nitrogen and oxygen atoms in total. The van der Waals surface area contributed by atoms with E-state index >= 15 is 0 Å². The van der Waals surface area contributed by atoms with Gasteiger partial charge in [0, 0.05) is 0 Å². The molecule has 2 aliphatic rings. The van der Waals surface area contributed by atoms with Crippen molar-refractivity contribution < 1.29 is 8.78 Å². The number of unbranched alkanes of at least 4 members (excludes halogenated alkanes) is 5. The summed E-state index contributed by atoms with van der Waals surface area (Å²) in [5.41, 5.74) is 3.03. The Balaban J connectivity index is 1.65. The highest BCUT2D eigenvalue weighted by molar-refractivity contribution is 5.24. The first-order chi connectivity index (χ1) is 15.6. The Morgan fingerprint density at radius 2 is 1.62 bits per heavy atom. The summed E-state index contributed by atoms with van der Waals surface area (Å²) < 4.78 is 27.7. The van der Waals surface area contributed by atoms with Crippen LogP contribution in [0.3, 0.4) is 0 Å². The van der Waals surface area contributed by atoms with E-state index < -0.39 is 11.6 Å². The molecule has 0 spiro atoms. The molecular weight excluding hydrogens is 398 g/mol. The molecule has 0 heterocycles. The van der Waals surface area contributed by atoms with E-state index in [9.17, 15) is 8.78 Å². The minimum Gasteiger partial charge on any atom is -0.204 e. The molecule has 2 aliphatic carbocycles. The van der Waals surface area contributed by atoms with Crippen molar-refractivity contribution in [1.82, 2.24) is 0 Å². The van der Waals surface area contributed by atoms with Crippen molar-refractivity contribution in [3.05, 3.63) is 47.0 Å². The second-order valence-corrected chi connectivity index (χ2v) is 10.8. The maximum Gasteiger partial charge on any atom is 0.159 e. The zero-order chi connectivity index (χ0) is 22.7. The average molecular weight is 445 g/mol. The quantitative estimate of drug-likeness (QED) is 0.210. The lowest BCUT2D eigenvalue weighted by Crippen LogP contribution is -2.25. The van der Waals surface area contributed by atoms with Crippen LogP contribution in [0.1, 0.15) is 140 Å². The third-order valence-electron chi connectivity index (χ3n) is 8.31. The fraction of sp³-hybridized carbons (Fsp3) is 0.733. The van der Waals surface area contributed by atoms with E-state index in [4.69, 9.17) is 0 Å². The van der Waals surface area contributed by atoms with Gasteiger partial charge in [0.05, 0.1) is 0 Å². The fourth-order valence-corrected chi connectivity index (χ4v) is 6.25. The second-order valence-electron chi connectivity index (χ2n) is 10.8. The first kappa shape index (κ1) is 25.4. The zero-order valence-corrected chi connectivity index (χ0v) is 20.6. The van der Waals surface area contributed by atoms with Crippen molar-refractivity contribution in [3.8, 4) is 0 Å². The zero-order valence-electron chi connectivity index (χ0n) is 20.6. The van der Waals surface area contributed by atoms with Crippen LogP contribution >= 0.6 is 0 Å². The highest BCUT2D eigenvalue weighted by Crippen LogP contribution is 2.47. The van der Waals surface area contributed by atoms with Crippen LogP contribution in [0.25, 0.3) is 0 Å².